The van der Waals surface area contributed by atoms with E-state index in [2.05, 4.69) is 13.0 Å². The van der Waals surface area contributed by atoms with Crippen LogP contribution in [0.3, 0.4) is 0 Å². The monoisotopic (exact) mass is 274 g/mol. The lowest BCUT2D eigenvalue weighted by Gasteiger charge is -2.50. The Morgan fingerprint density at radius 1 is 1.15 bits per heavy atom. The smallest absolute Gasteiger partial charge is 0.169 e. The lowest BCUT2D eigenvalue weighted by Crippen LogP contribution is -2.45. The molecule has 1 N–H and O–H groups in total. The number of phenols is 1. The van der Waals surface area contributed by atoms with Crippen molar-refractivity contribution in [3.63, 3.8) is 0 Å². The molecular formula is C17H22O3. The Morgan fingerprint density at radius 2 is 1.95 bits per heavy atom. The van der Waals surface area contributed by atoms with Crippen molar-refractivity contribution < 1.29 is 14.6 Å². The van der Waals surface area contributed by atoms with Gasteiger partial charge in [-0.2, -0.15) is 0 Å². The van der Waals surface area contributed by atoms with E-state index in [-0.39, 0.29) is 5.79 Å². The van der Waals surface area contributed by atoms with Crippen LogP contribution in [0.15, 0.2) is 18.2 Å². The van der Waals surface area contributed by atoms with Crippen molar-refractivity contribution in [2.45, 2.75) is 50.7 Å². The van der Waals surface area contributed by atoms with Crippen LogP contribution in [-0.4, -0.2) is 24.1 Å². The summed E-state index contributed by atoms with van der Waals surface area (Å²) in [5, 5.41) is 9.70. The third kappa shape index (κ3) is 1.80. The molecule has 4 rings (SSSR count). The summed E-state index contributed by atoms with van der Waals surface area (Å²) in [4.78, 5) is 0. The summed E-state index contributed by atoms with van der Waals surface area (Å²) in [6.07, 6.45) is 5.42. The number of fused-ring (bicyclic) bond motifs is 3. The number of rotatable bonds is 0. The van der Waals surface area contributed by atoms with Crippen LogP contribution >= 0.6 is 0 Å². The number of hydrogen-bond acceptors (Lipinski definition) is 3. The maximum absolute atomic E-state index is 9.70. The number of benzene rings is 1. The first-order valence-corrected chi connectivity index (χ1v) is 7.70. The number of phenolic OH excluding ortho intramolecular Hbond substituents is 1. The van der Waals surface area contributed by atoms with E-state index < -0.39 is 0 Å². The van der Waals surface area contributed by atoms with Crippen molar-refractivity contribution in [2.75, 3.05) is 13.2 Å². The minimum Gasteiger partial charge on any atom is -0.508 e. The van der Waals surface area contributed by atoms with E-state index in [0.717, 1.165) is 38.9 Å². The van der Waals surface area contributed by atoms with Crippen molar-refractivity contribution in [1.82, 2.24) is 0 Å². The third-order valence-electron chi connectivity index (χ3n) is 5.71. The molecule has 2 fully saturated rings. The second-order valence-electron chi connectivity index (χ2n) is 6.90. The Bertz CT molecular complexity index is 533. The molecule has 1 aromatic rings. The second-order valence-corrected chi connectivity index (χ2v) is 6.90. The number of aromatic hydroxyl groups is 1. The zero-order chi connectivity index (χ0) is 13.8. The minimum absolute atomic E-state index is 0.337. The molecule has 3 aliphatic rings. The normalized spacial score (nSPS) is 34.8. The fourth-order valence-corrected chi connectivity index (χ4v) is 4.42. The van der Waals surface area contributed by atoms with E-state index >= 15 is 0 Å². The van der Waals surface area contributed by atoms with Gasteiger partial charge in [-0.15, -0.1) is 0 Å². The summed E-state index contributed by atoms with van der Waals surface area (Å²) in [5.41, 5.74) is 3.06. The van der Waals surface area contributed by atoms with Crippen LogP contribution < -0.4 is 0 Å². The Kier molecular flexibility index (Phi) is 2.67. The Morgan fingerprint density at radius 3 is 2.75 bits per heavy atom. The summed E-state index contributed by atoms with van der Waals surface area (Å²) in [6, 6.07) is 5.87. The summed E-state index contributed by atoms with van der Waals surface area (Å²) < 4.78 is 11.9. The molecule has 0 radical (unpaired) electrons. The van der Waals surface area contributed by atoms with Gasteiger partial charge in [0.15, 0.2) is 5.79 Å². The van der Waals surface area contributed by atoms with Gasteiger partial charge in [-0.1, -0.05) is 13.0 Å². The molecule has 1 spiro atoms. The molecule has 1 saturated carbocycles. The minimum atomic E-state index is -0.337. The van der Waals surface area contributed by atoms with Crippen LogP contribution in [0.4, 0.5) is 0 Å². The highest BCUT2D eigenvalue weighted by Crippen LogP contribution is 2.57. The van der Waals surface area contributed by atoms with Crippen molar-refractivity contribution in [2.24, 2.45) is 5.41 Å². The lowest BCUT2D eigenvalue weighted by atomic mass is 9.57. The maximum atomic E-state index is 9.70. The fraction of sp³-hybridized carbons (Fsp3) is 0.647. The molecule has 1 saturated heterocycles. The highest BCUT2D eigenvalue weighted by atomic mass is 16.7. The van der Waals surface area contributed by atoms with Crippen molar-refractivity contribution in [3.05, 3.63) is 29.3 Å². The number of ether oxygens (including phenoxy) is 2. The molecule has 2 atom stereocenters. The standard InChI is InChI=1S/C17H22O3/c1-16-5-4-12-10-13(18)2-3-14(12)15(16)11-17(7-6-16)19-8-9-20-17/h2-3,10,15,18H,4-9,11H2,1H3. The molecule has 2 aliphatic carbocycles. The van der Waals surface area contributed by atoms with Crippen molar-refractivity contribution in [1.29, 1.82) is 0 Å². The van der Waals surface area contributed by atoms with Crippen LogP contribution in [0.1, 0.15) is 49.7 Å². The van der Waals surface area contributed by atoms with E-state index in [1.165, 1.54) is 17.5 Å². The van der Waals surface area contributed by atoms with E-state index in [1.807, 2.05) is 12.1 Å². The average molecular weight is 274 g/mol. The van der Waals surface area contributed by atoms with Gasteiger partial charge in [0.25, 0.3) is 0 Å². The molecule has 20 heavy (non-hydrogen) atoms. The summed E-state index contributed by atoms with van der Waals surface area (Å²) in [5.74, 6) is 0.529. The molecule has 0 amide bonds. The molecule has 0 bridgehead atoms. The zero-order valence-electron chi connectivity index (χ0n) is 12.0. The zero-order valence-corrected chi connectivity index (χ0v) is 12.0. The predicted octanol–water partition coefficient (Wildman–Crippen LogP) is 3.36. The fourth-order valence-electron chi connectivity index (χ4n) is 4.42. The molecule has 1 aliphatic heterocycles. The third-order valence-corrected chi connectivity index (χ3v) is 5.71. The van der Waals surface area contributed by atoms with E-state index in [0.29, 0.717) is 17.1 Å². The first kappa shape index (κ1) is 12.7. The first-order chi connectivity index (χ1) is 9.60. The number of hydrogen-bond donors (Lipinski definition) is 1. The van der Waals surface area contributed by atoms with Gasteiger partial charge in [0, 0.05) is 12.8 Å². The summed E-state index contributed by atoms with van der Waals surface area (Å²) >= 11 is 0. The van der Waals surface area contributed by atoms with Gasteiger partial charge in [-0.05, 0) is 53.9 Å². The summed E-state index contributed by atoms with van der Waals surface area (Å²) in [7, 11) is 0. The highest BCUT2D eigenvalue weighted by Gasteiger charge is 2.51. The van der Waals surface area contributed by atoms with Crippen LogP contribution in [0.2, 0.25) is 0 Å². The quantitative estimate of drug-likeness (QED) is 0.788. The average Bonchev–Trinajstić information content (AvgIpc) is 2.89. The molecule has 0 aromatic heterocycles. The molecule has 3 nitrogen and oxygen atoms in total. The van der Waals surface area contributed by atoms with Gasteiger partial charge in [0.05, 0.1) is 13.2 Å². The van der Waals surface area contributed by atoms with Gasteiger partial charge < -0.3 is 14.6 Å². The van der Waals surface area contributed by atoms with Gasteiger partial charge >= 0.3 is 0 Å². The van der Waals surface area contributed by atoms with E-state index in [9.17, 15) is 5.11 Å². The van der Waals surface area contributed by atoms with Crippen molar-refractivity contribution >= 4 is 0 Å². The van der Waals surface area contributed by atoms with Crippen LogP contribution in [-0.2, 0) is 15.9 Å². The second kappa shape index (κ2) is 4.22. The Hall–Kier alpha value is -1.06. The molecule has 108 valence electrons. The Labute approximate surface area is 119 Å². The first-order valence-electron chi connectivity index (χ1n) is 7.70. The molecule has 3 heteroatoms. The van der Waals surface area contributed by atoms with Crippen LogP contribution in [0.5, 0.6) is 5.75 Å². The largest absolute Gasteiger partial charge is 0.508 e. The Balaban J connectivity index is 1.73. The van der Waals surface area contributed by atoms with Gasteiger partial charge in [-0.3, -0.25) is 0 Å². The molecule has 1 heterocycles. The summed E-state index contributed by atoms with van der Waals surface area (Å²) in [6.45, 7) is 3.87. The molecule has 1 aromatic carbocycles. The van der Waals surface area contributed by atoms with Gasteiger partial charge in [-0.25, -0.2) is 0 Å². The van der Waals surface area contributed by atoms with Crippen LogP contribution in [0, 0.1) is 5.41 Å². The van der Waals surface area contributed by atoms with E-state index in [1.54, 1.807) is 0 Å². The highest BCUT2D eigenvalue weighted by molar-refractivity contribution is 5.40. The SMILES string of the molecule is CC12CCc3cc(O)ccc3C1CC1(CC2)OCCO1. The topological polar surface area (TPSA) is 38.7 Å². The van der Waals surface area contributed by atoms with Crippen molar-refractivity contribution in [3.8, 4) is 5.75 Å². The van der Waals surface area contributed by atoms with Gasteiger partial charge in [0.2, 0.25) is 0 Å². The van der Waals surface area contributed by atoms with Crippen LogP contribution in [0.25, 0.3) is 0 Å². The lowest BCUT2D eigenvalue weighted by molar-refractivity contribution is -0.197. The molecule has 2 unspecified atom stereocenters. The predicted molar refractivity (Wildman–Crippen MR) is 75.8 cm³/mol. The van der Waals surface area contributed by atoms with E-state index in [4.69, 9.17) is 9.47 Å². The number of aryl methyl sites for hydroxylation is 1. The molecular weight excluding hydrogens is 252 g/mol. The van der Waals surface area contributed by atoms with Gasteiger partial charge in [0.1, 0.15) is 5.75 Å². The maximum Gasteiger partial charge on any atom is 0.169 e.